The van der Waals surface area contributed by atoms with Crippen molar-refractivity contribution in [1.29, 1.82) is 0 Å². The Labute approximate surface area is 55.2 Å². The lowest BCUT2D eigenvalue weighted by atomic mass is 9.97. The van der Waals surface area contributed by atoms with E-state index in [0.29, 0.717) is 12.2 Å². The van der Waals surface area contributed by atoms with E-state index in [1.165, 1.54) is 0 Å². The summed E-state index contributed by atoms with van der Waals surface area (Å²) in [7, 11) is 1.67. The molecule has 0 aromatic rings. The smallest absolute Gasteiger partial charge is 0.135 e. The van der Waals surface area contributed by atoms with Crippen molar-refractivity contribution < 1.29 is 9.53 Å². The summed E-state index contributed by atoms with van der Waals surface area (Å²) < 4.78 is 5.04. The van der Waals surface area contributed by atoms with Crippen molar-refractivity contribution in [1.82, 2.24) is 0 Å². The predicted octanol–water partition coefficient (Wildman–Crippen LogP) is 1.14. The number of hydrogen-bond acceptors (Lipinski definition) is 2. The zero-order valence-electron chi connectivity index (χ0n) is 5.72. The van der Waals surface area contributed by atoms with Gasteiger partial charge in [0.1, 0.15) is 5.78 Å². The summed E-state index contributed by atoms with van der Waals surface area (Å²) in [6, 6.07) is 0. The van der Waals surface area contributed by atoms with E-state index >= 15 is 0 Å². The molecule has 2 nitrogen and oxygen atoms in total. The number of rotatable bonds is 1. The molecular formula is C7H12O2. The second-order valence-electron chi connectivity index (χ2n) is 2.49. The molecule has 0 radical (unpaired) electrons. The fourth-order valence-corrected chi connectivity index (χ4v) is 1.19. The normalized spacial score (nSPS) is 28.6. The fourth-order valence-electron chi connectivity index (χ4n) is 1.19. The Bertz CT molecular complexity index is 109. The standard InChI is InChI=1S/C7H12O2/c1-9-7-4-2-3-6(8)5-7/h7H,2-5H2,1H3/t7-/m0/s1. The van der Waals surface area contributed by atoms with Gasteiger partial charge in [-0.15, -0.1) is 0 Å². The highest BCUT2D eigenvalue weighted by atomic mass is 16.5. The Kier molecular flexibility index (Phi) is 2.22. The van der Waals surface area contributed by atoms with Crippen molar-refractivity contribution in [2.45, 2.75) is 31.8 Å². The molecule has 0 aromatic carbocycles. The molecule has 0 bridgehead atoms. The van der Waals surface area contributed by atoms with Crippen molar-refractivity contribution >= 4 is 5.78 Å². The van der Waals surface area contributed by atoms with Gasteiger partial charge in [0.05, 0.1) is 6.10 Å². The highest BCUT2D eigenvalue weighted by molar-refractivity contribution is 5.79. The molecule has 1 aliphatic carbocycles. The van der Waals surface area contributed by atoms with Gasteiger partial charge in [0.2, 0.25) is 0 Å². The van der Waals surface area contributed by atoms with Gasteiger partial charge in [0, 0.05) is 20.0 Å². The van der Waals surface area contributed by atoms with E-state index in [2.05, 4.69) is 0 Å². The molecule has 0 amide bonds. The highest BCUT2D eigenvalue weighted by Crippen LogP contribution is 2.16. The summed E-state index contributed by atoms with van der Waals surface area (Å²) in [4.78, 5) is 10.8. The van der Waals surface area contributed by atoms with E-state index < -0.39 is 0 Å². The lowest BCUT2D eigenvalue weighted by Gasteiger charge is -2.18. The summed E-state index contributed by atoms with van der Waals surface area (Å²) in [6.45, 7) is 0. The highest BCUT2D eigenvalue weighted by Gasteiger charge is 2.17. The molecule has 1 aliphatic rings. The van der Waals surface area contributed by atoms with Crippen LogP contribution in [-0.4, -0.2) is 19.0 Å². The number of ether oxygens (including phenoxy) is 1. The van der Waals surface area contributed by atoms with Crippen molar-refractivity contribution in [2.24, 2.45) is 0 Å². The van der Waals surface area contributed by atoms with E-state index in [-0.39, 0.29) is 6.10 Å². The minimum absolute atomic E-state index is 0.214. The molecule has 0 aromatic heterocycles. The summed E-state index contributed by atoms with van der Waals surface area (Å²) in [5.74, 6) is 0.355. The van der Waals surface area contributed by atoms with E-state index in [0.717, 1.165) is 19.3 Å². The van der Waals surface area contributed by atoms with Crippen molar-refractivity contribution in [3.63, 3.8) is 0 Å². The van der Waals surface area contributed by atoms with Crippen LogP contribution in [-0.2, 0) is 9.53 Å². The van der Waals surface area contributed by atoms with E-state index in [1.807, 2.05) is 0 Å². The van der Waals surface area contributed by atoms with Gasteiger partial charge >= 0.3 is 0 Å². The van der Waals surface area contributed by atoms with Gasteiger partial charge in [-0.3, -0.25) is 4.79 Å². The molecule has 2 heteroatoms. The second kappa shape index (κ2) is 2.97. The van der Waals surface area contributed by atoms with E-state index in [9.17, 15) is 4.79 Å². The molecule has 1 atom stereocenters. The van der Waals surface area contributed by atoms with Crippen LogP contribution in [0.2, 0.25) is 0 Å². The molecule has 0 unspecified atom stereocenters. The summed E-state index contributed by atoms with van der Waals surface area (Å²) >= 11 is 0. The van der Waals surface area contributed by atoms with Crippen LogP contribution in [0, 0.1) is 0 Å². The first-order chi connectivity index (χ1) is 4.33. The first kappa shape index (κ1) is 6.75. The number of hydrogen-bond donors (Lipinski definition) is 0. The molecule has 1 fully saturated rings. The van der Waals surface area contributed by atoms with Crippen molar-refractivity contribution in [3.8, 4) is 0 Å². The van der Waals surface area contributed by atoms with Gasteiger partial charge in [-0.2, -0.15) is 0 Å². The van der Waals surface area contributed by atoms with Gasteiger partial charge in [-0.1, -0.05) is 0 Å². The molecule has 0 spiro atoms. The Hall–Kier alpha value is -0.370. The van der Waals surface area contributed by atoms with Crippen LogP contribution in [0.1, 0.15) is 25.7 Å². The molecule has 0 N–H and O–H groups in total. The number of ketones is 1. The maximum atomic E-state index is 10.8. The van der Waals surface area contributed by atoms with Crippen LogP contribution in [0.3, 0.4) is 0 Å². The maximum Gasteiger partial charge on any atom is 0.135 e. The second-order valence-corrected chi connectivity index (χ2v) is 2.49. The Morgan fingerprint density at radius 3 is 2.89 bits per heavy atom. The van der Waals surface area contributed by atoms with Crippen molar-refractivity contribution in [3.05, 3.63) is 0 Å². The third kappa shape index (κ3) is 1.79. The quantitative estimate of drug-likeness (QED) is 0.529. The minimum atomic E-state index is 0.214. The Morgan fingerprint density at radius 1 is 1.67 bits per heavy atom. The Morgan fingerprint density at radius 2 is 2.44 bits per heavy atom. The monoisotopic (exact) mass is 128 g/mol. The lowest BCUT2D eigenvalue weighted by Crippen LogP contribution is -2.20. The predicted molar refractivity (Wildman–Crippen MR) is 34.3 cm³/mol. The molecular weight excluding hydrogens is 116 g/mol. The summed E-state index contributed by atoms with van der Waals surface area (Å²) in [5, 5.41) is 0. The van der Waals surface area contributed by atoms with Crippen molar-refractivity contribution in [2.75, 3.05) is 7.11 Å². The van der Waals surface area contributed by atoms with Gasteiger partial charge in [0.15, 0.2) is 0 Å². The third-order valence-electron chi connectivity index (χ3n) is 1.77. The first-order valence-electron chi connectivity index (χ1n) is 3.37. The molecule has 1 saturated carbocycles. The van der Waals surface area contributed by atoms with Crippen LogP contribution < -0.4 is 0 Å². The average Bonchev–Trinajstić information content (AvgIpc) is 1.88. The van der Waals surface area contributed by atoms with Crippen LogP contribution in [0.15, 0.2) is 0 Å². The molecule has 0 aliphatic heterocycles. The van der Waals surface area contributed by atoms with Gasteiger partial charge < -0.3 is 4.74 Å². The zero-order valence-corrected chi connectivity index (χ0v) is 5.72. The molecule has 52 valence electrons. The number of carbonyl (C=O) groups excluding carboxylic acids is 1. The van der Waals surface area contributed by atoms with Crippen LogP contribution in [0.4, 0.5) is 0 Å². The van der Waals surface area contributed by atoms with Gasteiger partial charge in [-0.25, -0.2) is 0 Å². The SMILES string of the molecule is CO[C@H]1CCCC(=O)C1. The van der Waals surface area contributed by atoms with Crippen LogP contribution in [0.5, 0.6) is 0 Å². The van der Waals surface area contributed by atoms with Gasteiger partial charge in [-0.05, 0) is 12.8 Å². The zero-order chi connectivity index (χ0) is 6.69. The van der Waals surface area contributed by atoms with Crippen LogP contribution >= 0.6 is 0 Å². The molecule has 1 rings (SSSR count). The molecule has 0 saturated heterocycles. The number of carbonyl (C=O) groups is 1. The molecule has 9 heavy (non-hydrogen) atoms. The third-order valence-corrected chi connectivity index (χ3v) is 1.77. The summed E-state index contributed by atoms with van der Waals surface area (Å²) in [5.41, 5.74) is 0. The number of Topliss-reactive ketones (excluding diaryl/α,β-unsaturated/α-hetero) is 1. The number of methoxy groups -OCH3 is 1. The lowest BCUT2D eigenvalue weighted by molar-refractivity contribution is -0.123. The van der Waals surface area contributed by atoms with E-state index in [1.54, 1.807) is 7.11 Å². The fraction of sp³-hybridized carbons (Fsp3) is 0.857. The average molecular weight is 128 g/mol. The Balaban J connectivity index is 2.32. The minimum Gasteiger partial charge on any atom is -0.381 e. The molecule has 0 heterocycles. The largest absolute Gasteiger partial charge is 0.381 e. The van der Waals surface area contributed by atoms with Crippen LogP contribution in [0.25, 0.3) is 0 Å². The summed E-state index contributed by atoms with van der Waals surface area (Å²) in [6.07, 6.45) is 3.68. The topological polar surface area (TPSA) is 26.3 Å². The maximum absolute atomic E-state index is 10.8. The van der Waals surface area contributed by atoms with Gasteiger partial charge in [0.25, 0.3) is 0 Å². The first-order valence-corrected chi connectivity index (χ1v) is 3.37. The van der Waals surface area contributed by atoms with E-state index in [4.69, 9.17) is 4.74 Å².